The lowest BCUT2D eigenvalue weighted by Crippen LogP contribution is -2.45. The van der Waals surface area contributed by atoms with Gasteiger partial charge in [0.05, 0.1) is 18.5 Å². The number of nitrogens with two attached hydrogens (primary N) is 1. The van der Waals surface area contributed by atoms with Crippen molar-refractivity contribution in [3.8, 4) is 0 Å². The van der Waals surface area contributed by atoms with Crippen molar-refractivity contribution in [1.82, 2.24) is 4.57 Å². The van der Waals surface area contributed by atoms with Crippen LogP contribution < -0.4 is 5.73 Å². The molecule has 0 spiro atoms. The fraction of sp³-hybridized carbons (Fsp3) is 0.333. The third-order valence-electron chi connectivity index (χ3n) is 4.21. The van der Waals surface area contributed by atoms with Gasteiger partial charge in [-0.1, -0.05) is 29.3 Å². The van der Waals surface area contributed by atoms with Crippen molar-refractivity contribution in [3.05, 3.63) is 64.0 Å². The minimum Gasteiger partial charge on any atom is -0.443 e. The SMILES string of the molecule is CC(C)(C)OC(=O)n1cccc1C1=CN=CC(N)(OCc2c(Cl)cccc2Cl)C1. The first-order valence-electron chi connectivity index (χ1n) is 9.08. The highest BCUT2D eigenvalue weighted by Gasteiger charge is 2.31. The van der Waals surface area contributed by atoms with E-state index in [0.717, 1.165) is 5.57 Å². The Morgan fingerprint density at radius 1 is 1.24 bits per heavy atom. The van der Waals surface area contributed by atoms with E-state index in [1.165, 1.54) is 10.8 Å². The van der Waals surface area contributed by atoms with Crippen LogP contribution in [0.4, 0.5) is 4.79 Å². The summed E-state index contributed by atoms with van der Waals surface area (Å²) < 4.78 is 12.8. The first kappa shape index (κ1) is 21.6. The second-order valence-corrected chi connectivity index (χ2v) is 8.61. The molecule has 6 nitrogen and oxygen atoms in total. The second-order valence-electron chi connectivity index (χ2n) is 7.80. The highest BCUT2D eigenvalue weighted by atomic mass is 35.5. The molecule has 2 aromatic rings. The van der Waals surface area contributed by atoms with E-state index in [9.17, 15) is 4.79 Å². The van der Waals surface area contributed by atoms with E-state index in [4.69, 9.17) is 38.4 Å². The molecule has 1 aliphatic heterocycles. The molecule has 1 atom stereocenters. The van der Waals surface area contributed by atoms with Gasteiger partial charge in [-0.25, -0.2) is 4.79 Å². The molecule has 29 heavy (non-hydrogen) atoms. The predicted octanol–water partition coefficient (Wildman–Crippen LogP) is 5.27. The number of nitrogens with zero attached hydrogens (tertiary/aromatic N) is 2. The molecule has 0 amide bonds. The number of hydrogen-bond donors (Lipinski definition) is 1. The lowest BCUT2D eigenvalue weighted by molar-refractivity contribution is 0.00610. The van der Waals surface area contributed by atoms with Crippen molar-refractivity contribution >= 4 is 41.1 Å². The summed E-state index contributed by atoms with van der Waals surface area (Å²) in [5, 5.41) is 1.01. The molecule has 1 aromatic carbocycles. The Balaban J connectivity index is 1.76. The smallest absolute Gasteiger partial charge is 0.418 e. The largest absolute Gasteiger partial charge is 0.443 e. The molecule has 1 aliphatic rings. The molecule has 3 rings (SSSR count). The summed E-state index contributed by atoms with van der Waals surface area (Å²) in [6.45, 7) is 5.58. The normalized spacial score (nSPS) is 19.2. The first-order chi connectivity index (χ1) is 13.6. The summed E-state index contributed by atoms with van der Waals surface area (Å²) in [4.78, 5) is 16.7. The van der Waals surface area contributed by atoms with Gasteiger partial charge in [-0.3, -0.25) is 15.3 Å². The van der Waals surface area contributed by atoms with E-state index in [0.29, 0.717) is 27.7 Å². The van der Waals surface area contributed by atoms with Gasteiger partial charge in [0.2, 0.25) is 0 Å². The molecule has 0 aliphatic carbocycles. The Hall–Kier alpha value is -2.12. The highest BCUT2D eigenvalue weighted by molar-refractivity contribution is 6.35. The van der Waals surface area contributed by atoms with E-state index < -0.39 is 17.4 Å². The fourth-order valence-electron chi connectivity index (χ4n) is 2.88. The second kappa shape index (κ2) is 8.32. The minimum absolute atomic E-state index is 0.126. The van der Waals surface area contributed by atoms with Crippen molar-refractivity contribution in [3.63, 3.8) is 0 Å². The molecule has 0 radical (unpaired) electrons. The number of benzene rings is 1. The van der Waals surface area contributed by atoms with Crippen LogP contribution in [0, 0.1) is 0 Å². The van der Waals surface area contributed by atoms with Crippen LogP contribution in [0.1, 0.15) is 38.4 Å². The van der Waals surface area contributed by atoms with Crippen molar-refractivity contribution in [1.29, 1.82) is 0 Å². The van der Waals surface area contributed by atoms with Gasteiger partial charge in [-0.2, -0.15) is 0 Å². The number of aliphatic imine (C=N–C) groups is 1. The maximum absolute atomic E-state index is 12.5. The zero-order valence-corrected chi connectivity index (χ0v) is 18.0. The van der Waals surface area contributed by atoms with Crippen LogP contribution in [0.5, 0.6) is 0 Å². The number of carbonyl (C=O) groups excluding carboxylic acids is 1. The van der Waals surface area contributed by atoms with Crippen molar-refractivity contribution < 1.29 is 14.3 Å². The van der Waals surface area contributed by atoms with Crippen molar-refractivity contribution in [2.45, 2.75) is 45.1 Å². The molecule has 0 saturated heterocycles. The molecule has 0 bridgehead atoms. The Morgan fingerprint density at radius 3 is 2.59 bits per heavy atom. The number of aromatic nitrogens is 1. The lowest BCUT2D eigenvalue weighted by Gasteiger charge is -2.29. The van der Waals surface area contributed by atoms with Gasteiger partial charge in [0.1, 0.15) is 5.60 Å². The van der Waals surface area contributed by atoms with Crippen LogP contribution in [0.2, 0.25) is 10.0 Å². The Morgan fingerprint density at radius 2 is 1.93 bits per heavy atom. The molecule has 0 fully saturated rings. The molecule has 154 valence electrons. The average Bonchev–Trinajstić information content (AvgIpc) is 3.10. The van der Waals surface area contributed by atoms with Crippen molar-refractivity contribution in [2.75, 3.05) is 0 Å². The number of halogens is 2. The number of rotatable bonds is 4. The molecule has 2 N–H and O–H groups in total. The summed E-state index contributed by atoms with van der Waals surface area (Å²) in [7, 11) is 0. The molecule has 8 heteroatoms. The molecular weight excluding hydrogens is 413 g/mol. The van der Waals surface area contributed by atoms with E-state index in [1.807, 2.05) is 26.8 Å². The number of carbonyl (C=O) groups is 1. The quantitative estimate of drug-likeness (QED) is 0.663. The van der Waals surface area contributed by atoms with Crippen LogP contribution in [-0.2, 0) is 16.1 Å². The van der Waals surface area contributed by atoms with Gasteiger partial charge < -0.3 is 9.47 Å². The minimum atomic E-state index is -1.17. The molecule has 2 heterocycles. The van der Waals surface area contributed by atoms with Gasteiger partial charge >= 0.3 is 6.09 Å². The third-order valence-corrected chi connectivity index (χ3v) is 4.91. The van der Waals surface area contributed by atoms with Gasteiger partial charge in [0, 0.05) is 34.4 Å². The van der Waals surface area contributed by atoms with E-state index >= 15 is 0 Å². The summed E-state index contributed by atoms with van der Waals surface area (Å²) in [5.41, 5.74) is 6.68. The Kier molecular flexibility index (Phi) is 6.19. The molecule has 1 aromatic heterocycles. The molecule has 1 unspecified atom stereocenters. The third kappa shape index (κ3) is 5.28. The lowest BCUT2D eigenvalue weighted by atomic mass is 10.00. The number of hydrogen-bond acceptors (Lipinski definition) is 5. The fourth-order valence-corrected chi connectivity index (χ4v) is 3.38. The first-order valence-corrected chi connectivity index (χ1v) is 9.84. The summed E-state index contributed by atoms with van der Waals surface area (Å²) in [5.74, 6) is 0. The zero-order chi connectivity index (χ0) is 21.2. The van der Waals surface area contributed by atoms with Gasteiger partial charge in [0.15, 0.2) is 5.72 Å². The Labute approximate surface area is 179 Å². The summed E-state index contributed by atoms with van der Waals surface area (Å²) in [6, 6.07) is 8.82. The standard InChI is InChI=1S/C21H23Cl2N3O3/c1-20(2,3)29-19(27)26-9-5-8-18(26)14-10-21(24,13-25-11-14)28-12-15-16(22)6-4-7-17(15)23/h4-9,11,13H,10,12,24H2,1-3H3. The predicted molar refractivity (Wildman–Crippen MR) is 115 cm³/mol. The van der Waals surface area contributed by atoms with Gasteiger partial charge in [-0.05, 0) is 50.6 Å². The van der Waals surface area contributed by atoms with Gasteiger partial charge in [-0.15, -0.1) is 0 Å². The van der Waals surface area contributed by atoms with Crippen LogP contribution in [0.3, 0.4) is 0 Å². The van der Waals surface area contributed by atoms with Crippen molar-refractivity contribution in [2.24, 2.45) is 10.7 Å². The molecular formula is C21H23Cl2N3O3. The maximum Gasteiger partial charge on any atom is 0.418 e. The zero-order valence-electron chi connectivity index (χ0n) is 16.5. The monoisotopic (exact) mass is 435 g/mol. The number of ether oxygens (including phenoxy) is 2. The molecule has 0 saturated carbocycles. The average molecular weight is 436 g/mol. The van der Waals surface area contributed by atoms with Crippen LogP contribution in [0.15, 0.2) is 47.7 Å². The van der Waals surface area contributed by atoms with E-state index in [1.54, 1.807) is 36.7 Å². The summed E-state index contributed by atoms with van der Waals surface area (Å²) in [6.07, 6.45) is 4.67. The highest BCUT2D eigenvalue weighted by Crippen LogP contribution is 2.31. The van der Waals surface area contributed by atoms with Crippen LogP contribution >= 0.6 is 23.2 Å². The van der Waals surface area contributed by atoms with E-state index in [-0.39, 0.29) is 6.61 Å². The maximum atomic E-state index is 12.5. The van der Waals surface area contributed by atoms with Gasteiger partial charge in [0.25, 0.3) is 0 Å². The van der Waals surface area contributed by atoms with Crippen LogP contribution in [-0.4, -0.2) is 28.2 Å². The van der Waals surface area contributed by atoms with Crippen LogP contribution in [0.25, 0.3) is 5.57 Å². The Bertz CT molecular complexity index is 956. The topological polar surface area (TPSA) is 78.8 Å². The summed E-state index contributed by atoms with van der Waals surface area (Å²) >= 11 is 12.4. The van der Waals surface area contributed by atoms with E-state index in [2.05, 4.69) is 4.99 Å².